The van der Waals surface area contributed by atoms with Crippen molar-refractivity contribution in [3.05, 3.63) is 117 Å². The molecule has 0 aliphatic rings. The Kier molecular flexibility index (Phi) is 5.82. The Balaban J connectivity index is 1.74. The van der Waals surface area contributed by atoms with Crippen LogP contribution in [0.4, 0.5) is 0 Å². The first-order chi connectivity index (χ1) is 14.6. The first-order valence-corrected chi connectivity index (χ1v) is 10.5. The van der Waals surface area contributed by atoms with Crippen molar-refractivity contribution >= 4 is 17.2 Å². The molecule has 0 bridgehead atoms. The van der Waals surface area contributed by atoms with Gasteiger partial charge in [-0.05, 0) is 58.5 Å². The maximum Gasteiger partial charge on any atom is 0.251 e. The molecule has 4 rings (SSSR count). The number of aromatic hydroxyl groups is 2. The molecule has 5 heteroatoms. The zero-order valence-electron chi connectivity index (χ0n) is 16.2. The van der Waals surface area contributed by atoms with Crippen molar-refractivity contribution in [3.8, 4) is 11.5 Å². The van der Waals surface area contributed by atoms with Gasteiger partial charge in [0.1, 0.15) is 11.5 Å². The van der Waals surface area contributed by atoms with Crippen LogP contribution in [0.2, 0.25) is 0 Å². The third-order valence-electron chi connectivity index (χ3n) is 4.97. The van der Waals surface area contributed by atoms with E-state index in [1.807, 2.05) is 66.0 Å². The highest BCUT2D eigenvalue weighted by molar-refractivity contribution is 7.09. The first kappa shape index (κ1) is 19.7. The third-order valence-corrected chi connectivity index (χ3v) is 5.85. The Labute approximate surface area is 179 Å². The molecule has 150 valence electrons. The van der Waals surface area contributed by atoms with E-state index in [1.165, 1.54) is 0 Å². The molecular weight excluding hydrogens is 394 g/mol. The van der Waals surface area contributed by atoms with Gasteiger partial charge in [-0.2, -0.15) is 0 Å². The Bertz CT molecular complexity index is 1070. The minimum atomic E-state index is -0.227. The first-order valence-electron chi connectivity index (χ1n) is 9.59. The fourth-order valence-corrected chi connectivity index (χ4v) is 4.16. The molecule has 0 unspecified atom stereocenters. The average molecular weight is 416 g/mol. The predicted octanol–water partition coefficient (Wildman–Crippen LogP) is 5.27. The summed E-state index contributed by atoms with van der Waals surface area (Å²) in [6.07, 6.45) is 0. The van der Waals surface area contributed by atoms with Gasteiger partial charge in [0.05, 0.1) is 6.54 Å². The van der Waals surface area contributed by atoms with E-state index < -0.39 is 0 Å². The van der Waals surface area contributed by atoms with Crippen LogP contribution in [0.1, 0.15) is 37.8 Å². The number of carbonyl (C=O) groups is 1. The summed E-state index contributed by atoms with van der Waals surface area (Å²) in [6.45, 7) is 0.480. The van der Waals surface area contributed by atoms with Gasteiger partial charge in [0.15, 0.2) is 0 Å². The molecule has 3 N–H and O–H groups in total. The van der Waals surface area contributed by atoms with E-state index >= 15 is 0 Å². The smallest absolute Gasteiger partial charge is 0.251 e. The number of hydrogen-bond acceptors (Lipinski definition) is 4. The molecule has 0 saturated carbocycles. The van der Waals surface area contributed by atoms with E-state index in [9.17, 15) is 15.0 Å². The number of benzene rings is 3. The molecule has 0 fully saturated rings. The summed E-state index contributed by atoms with van der Waals surface area (Å²) in [6, 6.07) is 25.5. The molecule has 30 heavy (non-hydrogen) atoms. The molecule has 0 spiro atoms. The topological polar surface area (TPSA) is 69.6 Å². The lowest BCUT2D eigenvalue weighted by molar-refractivity contribution is 0.0950. The molecule has 0 aliphatic heterocycles. The SMILES string of the molecule is O=C(NCc1cccs1)c1ccccc1C(c1ccc(O)cc1)c1ccc(O)cc1. The molecule has 0 saturated heterocycles. The van der Waals surface area contributed by atoms with Crippen LogP contribution in [-0.4, -0.2) is 16.1 Å². The molecular formula is C25H21NO3S. The van der Waals surface area contributed by atoms with Crippen molar-refractivity contribution < 1.29 is 15.0 Å². The van der Waals surface area contributed by atoms with Crippen LogP contribution in [0.5, 0.6) is 11.5 Å². The minimum absolute atomic E-state index is 0.137. The molecule has 0 atom stereocenters. The van der Waals surface area contributed by atoms with Gasteiger partial charge >= 0.3 is 0 Å². The van der Waals surface area contributed by atoms with Crippen LogP contribution in [0.3, 0.4) is 0 Å². The number of hydrogen-bond donors (Lipinski definition) is 3. The fourth-order valence-electron chi connectivity index (χ4n) is 3.52. The van der Waals surface area contributed by atoms with Gasteiger partial charge in [-0.3, -0.25) is 4.79 Å². The second-order valence-corrected chi connectivity index (χ2v) is 8.00. The summed E-state index contributed by atoms with van der Waals surface area (Å²) >= 11 is 1.60. The lowest BCUT2D eigenvalue weighted by Crippen LogP contribution is -2.24. The van der Waals surface area contributed by atoms with E-state index in [0.717, 1.165) is 21.6 Å². The number of nitrogens with one attached hydrogen (secondary N) is 1. The largest absolute Gasteiger partial charge is 0.508 e. The predicted molar refractivity (Wildman–Crippen MR) is 119 cm³/mol. The molecule has 0 aliphatic carbocycles. The van der Waals surface area contributed by atoms with Crippen molar-refractivity contribution in [3.63, 3.8) is 0 Å². The molecule has 3 aromatic carbocycles. The molecule has 1 amide bonds. The third kappa shape index (κ3) is 4.36. The van der Waals surface area contributed by atoms with Gasteiger partial charge < -0.3 is 15.5 Å². The highest BCUT2D eigenvalue weighted by Crippen LogP contribution is 2.35. The van der Waals surface area contributed by atoms with Crippen molar-refractivity contribution in [1.29, 1.82) is 0 Å². The second-order valence-electron chi connectivity index (χ2n) is 6.97. The van der Waals surface area contributed by atoms with Crippen LogP contribution in [-0.2, 0) is 6.54 Å². The van der Waals surface area contributed by atoms with Crippen LogP contribution in [0, 0.1) is 0 Å². The van der Waals surface area contributed by atoms with Crippen molar-refractivity contribution in [1.82, 2.24) is 5.32 Å². The average Bonchev–Trinajstić information content (AvgIpc) is 3.29. The summed E-state index contributed by atoms with van der Waals surface area (Å²) < 4.78 is 0. The molecule has 0 radical (unpaired) electrons. The fraction of sp³-hybridized carbons (Fsp3) is 0.0800. The lowest BCUT2D eigenvalue weighted by Gasteiger charge is -2.22. The number of carbonyl (C=O) groups excluding carboxylic acids is 1. The summed E-state index contributed by atoms with van der Waals surface area (Å²) in [5.74, 6) is 0.00630. The van der Waals surface area contributed by atoms with E-state index in [2.05, 4.69) is 5.32 Å². The van der Waals surface area contributed by atoms with Crippen LogP contribution in [0.25, 0.3) is 0 Å². The van der Waals surface area contributed by atoms with Crippen LogP contribution >= 0.6 is 11.3 Å². The van der Waals surface area contributed by atoms with Gasteiger partial charge in [-0.25, -0.2) is 0 Å². The van der Waals surface area contributed by atoms with Crippen LogP contribution < -0.4 is 5.32 Å². The number of thiophene rings is 1. The van der Waals surface area contributed by atoms with Gasteiger partial charge in [-0.1, -0.05) is 48.5 Å². The lowest BCUT2D eigenvalue weighted by atomic mass is 9.82. The van der Waals surface area contributed by atoms with E-state index in [-0.39, 0.29) is 23.3 Å². The summed E-state index contributed by atoms with van der Waals surface area (Å²) in [5.41, 5.74) is 3.34. The monoisotopic (exact) mass is 415 g/mol. The maximum atomic E-state index is 13.0. The summed E-state index contributed by atoms with van der Waals surface area (Å²) in [7, 11) is 0. The minimum Gasteiger partial charge on any atom is -0.508 e. The highest BCUT2D eigenvalue weighted by Gasteiger charge is 2.22. The number of rotatable bonds is 6. The Morgan fingerprint density at radius 2 is 1.40 bits per heavy atom. The zero-order valence-corrected chi connectivity index (χ0v) is 17.0. The van der Waals surface area contributed by atoms with E-state index in [1.54, 1.807) is 35.6 Å². The van der Waals surface area contributed by atoms with Crippen molar-refractivity contribution in [2.75, 3.05) is 0 Å². The van der Waals surface area contributed by atoms with Crippen molar-refractivity contribution in [2.45, 2.75) is 12.5 Å². The highest BCUT2D eigenvalue weighted by atomic mass is 32.1. The van der Waals surface area contributed by atoms with Crippen molar-refractivity contribution in [2.24, 2.45) is 0 Å². The number of phenols is 2. The van der Waals surface area contributed by atoms with Gasteiger partial charge in [0, 0.05) is 16.4 Å². The Morgan fingerprint density at radius 3 is 1.97 bits per heavy atom. The second kappa shape index (κ2) is 8.84. The van der Waals surface area contributed by atoms with Gasteiger partial charge in [0.2, 0.25) is 0 Å². The summed E-state index contributed by atoms with van der Waals surface area (Å²) in [5, 5.41) is 24.4. The van der Waals surface area contributed by atoms with E-state index in [4.69, 9.17) is 0 Å². The number of amides is 1. The Hall–Kier alpha value is -3.57. The summed E-state index contributed by atoms with van der Waals surface area (Å²) in [4.78, 5) is 14.1. The molecule has 4 nitrogen and oxygen atoms in total. The molecule has 1 heterocycles. The molecule has 4 aromatic rings. The van der Waals surface area contributed by atoms with Crippen LogP contribution in [0.15, 0.2) is 90.3 Å². The number of phenolic OH excluding ortho intramolecular Hbond substituents is 2. The zero-order chi connectivity index (χ0) is 20.9. The Morgan fingerprint density at radius 1 is 0.800 bits per heavy atom. The quantitative estimate of drug-likeness (QED) is 0.376. The molecule has 1 aromatic heterocycles. The van der Waals surface area contributed by atoms with Gasteiger partial charge in [-0.15, -0.1) is 11.3 Å². The maximum absolute atomic E-state index is 13.0. The standard InChI is InChI=1S/C25H21NO3S/c27-19-11-7-17(8-12-19)24(18-9-13-20(28)14-10-18)22-5-1-2-6-23(22)25(29)26-16-21-4-3-15-30-21/h1-15,24,27-28H,16H2,(H,26,29). The normalized spacial score (nSPS) is 10.8. The van der Waals surface area contributed by atoms with Gasteiger partial charge in [0.25, 0.3) is 5.91 Å². The van der Waals surface area contributed by atoms with E-state index in [0.29, 0.717) is 12.1 Å².